The highest BCUT2D eigenvalue weighted by atomic mass is 127. The molecule has 2 aromatic heterocycles. The standard InChI is InChI=1S/C19H24N6.HI/c1-15(16-9-4-3-5-10-16)22-19(20-2)21-13-8-12-18-24-23-17-11-6-7-14-25(17)18;/h3-7,9-11,14-15H,8,12-13H2,1-2H3,(H2,20,21,22);1H. The summed E-state index contributed by atoms with van der Waals surface area (Å²) in [5.41, 5.74) is 2.13. The lowest BCUT2D eigenvalue weighted by Crippen LogP contribution is -2.39. The first-order chi connectivity index (χ1) is 12.3. The number of aryl methyl sites for hydroxylation is 1. The molecule has 0 spiro atoms. The molecular weight excluding hydrogens is 439 g/mol. The predicted molar refractivity (Wildman–Crippen MR) is 116 cm³/mol. The molecule has 0 amide bonds. The second-order valence-electron chi connectivity index (χ2n) is 5.92. The normalized spacial score (nSPS) is 12.5. The summed E-state index contributed by atoms with van der Waals surface area (Å²) < 4.78 is 2.03. The lowest BCUT2D eigenvalue weighted by atomic mass is 10.1. The van der Waals surface area contributed by atoms with Crippen LogP contribution in [0, 0.1) is 0 Å². The molecule has 0 fully saturated rings. The summed E-state index contributed by atoms with van der Waals surface area (Å²) in [7, 11) is 1.79. The van der Waals surface area contributed by atoms with E-state index in [1.54, 1.807) is 7.05 Å². The lowest BCUT2D eigenvalue weighted by molar-refractivity contribution is 0.667. The van der Waals surface area contributed by atoms with Gasteiger partial charge in [-0.2, -0.15) is 0 Å². The maximum Gasteiger partial charge on any atom is 0.191 e. The first-order valence-electron chi connectivity index (χ1n) is 8.58. The number of rotatable bonds is 6. The Morgan fingerprint density at radius 1 is 1.12 bits per heavy atom. The van der Waals surface area contributed by atoms with Crippen molar-refractivity contribution in [1.82, 2.24) is 25.2 Å². The fourth-order valence-corrected chi connectivity index (χ4v) is 2.74. The van der Waals surface area contributed by atoms with Crippen molar-refractivity contribution in [3.05, 3.63) is 66.1 Å². The molecule has 1 unspecified atom stereocenters. The average Bonchev–Trinajstić information content (AvgIpc) is 3.08. The fraction of sp³-hybridized carbons (Fsp3) is 0.316. The molecule has 6 nitrogen and oxygen atoms in total. The zero-order valence-corrected chi connectivity index (χ0v) is 17.4. The van der Waals surface area contributed by atoms with Gasteiger partial charge in [0.15, 0.2) is 11.6 Å². The first-order valence-corrected chi connectivity index (χ1v) is 8.58. The van der Waals surface area contributed by atoms with E-state index < -0.39 is 0 Å². The van der Waals surface area contributed by atoms with Gasteiger partial charge in [-0.05, 0) is 31.0 Å². The van der Waals surface area contributed by atoms with Gasteiger partial charge in [0.05, 0.1) is 6.04 Å². The molecule has 1 aromatic carbocycles. The molecule has 0 aliphatic rings. The molecule has 3 aromatic rings. The Morgan fingerprint density at radius 3 is 2.65 bits per heavy atom. The van der Waals surface area contributed by atoms with Crippen LogP contribution in [-0.2, 0) is 6.42 Å². The minimum absolute atomic E-state index is 0. The largest absolute Gasteiger partial charge is 0.356 e. The number of guanidine groups is 1. The summed E-state index contributed by atoms with van der Waals surface area (Å²) in [4.78, 5) is 4.30. The van der Waals surface area contributed by atoms with Crippen LogP contribution < -0.4 is 10.6 Å². The number of hydrogen-bond donors (Lipinski definition) is 2. The third-order valence-electron chi connectivity index (χ3n) is 4.13. The van der Waals surface area contributed by atoms with Gasteiger partial charge in [0.25, 0.3) is 0 Å². The molecule has 2 heterocycles. The molecule has 0 saturated carbocycles. The number of nitrogens with zero attached hydrogens (tertiary/aromatic N) is 4. The van der Waals surface area contributed by atoms with Gasteiger partial charge in [-0.3, -0.25) is 9.39 Å². The molecule has 1 atom stereocenters. The van der Waals surface area contributed by atoms with E-state index in [0.717, 1.165) is 36.8 Å². The lowest BCUT2D eigenvalue weighted by Gasteiger charge is -2.18. The summed E-state index contributed by atoms with van der Waals surface area (Å²) in [5.74, 6) is 1.79. The van der Waals surface area contributed by atoms with E-state index in [4.69, 9.17) is 0 Å². The number of aliphatic imine (C=N–C) groups is 1. The SMILES string of the molecule is CN=C(NCCCc1nnc2ccccn12)NC(C)c1ccccc1.I. The van der Waals surface area contributed by atoms with E-state index >= 15 is 0 Å². The number of halogens is 1. The molecule has 2 N–H and O–H groups in total. The highest BCUT2D eigenvalue weighted by Gasteiger charge is 2.07. The average molecular weight is 464 g/mol. The molecule has 3 rings (SSSR count). The quantitative estimate of drug-likeness (QED) is 0.255. The van der Waals surface area contributed by atoms with E-state index in [1.165, 1.54) is 5.56 Å². The predicted octanol–water partition coefficient (Wildman–Crippen LogP) is 3.21. The number of hydrogen-bond acceptors (Lipinski definition) is 3. The molecule has 7 heteroatoms. The maximum absolute atomic E-state index is 4.30. The van der Waals surface area contributed by atoms with Crippen molar-refractivity contribution in [3.63, 3.8) is 0 Å². The second-order valence-corrected chi connectivity index (χ2v) is 5.92. The second kappa shape index (κ2) is 10.1. The first kappa shape index (κ1) is 20.2. The number of nitrogens with one attached hydrogen (secondary N) is 2. The van der Waals surface area contributed by atoms with Crippen LogP contribution in [-0.4, -0.2) is 34.2 Å². The van der Waals surface area contributed by atoms with Crippen molar-refractivity contribution >= 4 is 35.6 Å². The van der Waals surface area contributed by atoms with Crippen molar-refractivity contribution < 1.29 is 0 Å². The van der Waals surface area contributed by atoms with Crippen LogP contribution in [0.15, 0.2) is 59.7 Å². The zero-order chi connectivity index (χ0) is 17.5. The van der Waals surface area contributed by atoms with Crippen molar-refractivity contribution in [1.29, 1.82) is 0 Å². The van der Waals surface area contributed by atoms with Gasteiger partial charge in [0, 0.05) is 26.2 Å². The Labute approximate surface area is 171 Å². The summed E-state index contributed by atoms with van der Waals surface area (Å²) in [5, 5.41) is 15.2. The molecule has 0 saturated heterocycles. The number of pyridine rings is 1. The Hall–Kier alpha value is -2.16. The van der Waals surface area contributed by atoms with Gasteiger partial charge in [-0.15, -0.1) is 34.2 Å². The van der Waals surface area contributed by atoms with Gasteiger partial charge in [0.2, 0.25) is 0 Å². The minimum Gasteiger partial charge on any atom is -0.356 e. The molecule has 26 heavy (non-hydrogen) atoms. The van der Waals surface area contributed by atoms with Gasteiger partial charge in [0.1, 0.15) is 5.82 Å². The van der Waals surface area contributed by atoms with Crippen LogP contribution in [0.5, 0.6) is 0 Å². The Balaban J connectivity index is 0.00000243. The summed E-state index contributed by atoms with van der Waals surface area (Å²) >= 11 is 0. The van der Waals surface area contributed by atoms with Crippen LogP contribution in [0.25, 0.3) is 5.65 Å². The molecular formula is C19H25IN6. The highest BCUT2D eigenvalue weighted by molar-refractivity contribution is 14.0. The smallest absolute Gasteiger partial charge is 0.191 e. The molecule has 0 aliphatic carbocycles. The fourth-order valence-electron chi connectivity index (χ4n) is 2.74. The summed E-state index contributed by atoms with van der Waals surface area (Å²) in [6.07, 6.45) is 3.82. The van der Waals surface area contributed by atoms with E-state index in [2.05, 4.69) is 44.9 Å². The van der Waals surface area contributed by atoms with Gasteiger partial charge in [-0.1, -0.05) is 36.4 Å². The molecule has 138 valence electrons. The van der Waals surface area contributed by atoms with Crippen molar-refractivity contribution in [3.8, 4) is 0 Å². The zero-order valence-electron chi connectivity index (χ0n) is 15.1. The number of benzene rings is 1. The van der Waals surface area contributed by atoms with E-state index in [-0.39, 0.29) is 30.0 Å². The topological polar surface area (TPSA) is 66.6 Å². The van der Waals surface area contributed by atoms with Crippen LogP contribution >= 0.6 is 24.0 Å². The van der Waals surface area contributed by atoms with Crippen LogP contribution in [0.3, 0.4) is 0 Å². The summed E-state index contributed by atoms with van der Waals surface area (Å²) in [6, 6.07) is 16.5. The van der Waals surface area contributed by atoms with Crippen molar-refractivity contribution in [2.45, 2.75) is 25.8 Å². The Morgan fingerprint density at radius 2 is 1.88 bits per heavy atom. The third kappa shape index (κ3) is 5.17. The van der Waals surface area contributed by atoms with Crippen LogP contribution in [0.2, 0.25) is 0 Å². The molecule has 0 radical (unpaired) electrons. The van der Waals surface area contributed by atoms with E-state index in [1.807, 2.05) is 47.0 Å². The van der Waals surface area contributed by atoms with Gasteiger partial charge >= 0.3 is 0 Å². The third-order valence-corrected chi connectivity index (χ3v) is 4.13. The Bertz CT molecular complexity index is 830. The Kier molecular flexibility index (Phi) is 7.83. The van der Waals surface area contributed by atoms with Crippen molar-refractivity contribution in [2.24, 2.45) is 4.99 Å². The molecule has 0 aliphatic heterocycles. The van der Waals surface area contributed by atoms with Crippen LogP contribution in [0.4, 0.5) is 0 Å². The summed E-state index contributed by atoms with van der Waals surface area (Å²) in [6.45, 7) is 2.95. The van der Waals surface area contributed by atoms with E-state index in [0.29, 0.717) is 0 Å². The van der Waals surface area contributed by atoms with Gasteiger partial charge in [-0.25, -0.2) is 0 Å². The van der Waals surface area contributed by atoms with Crippen LogP contribution in [0.1, 0.15) is 30.8 Å². The minimum atomic E-state index is 0. The molecule has 0 bridgehead atoms. The van der Waals surface area contributed by atoms with Gasteiger partial charge < -0.3 is 10.6 Å². The highest BCUT2D eigenvalue weighted by Crippen LogP contribution is 2.10. The number of aromatic nitrogens is 3. The monoisotopic (exact) mass is 464 g/mol. The maximum atomic E-state index is 4.30. The van der Waals surface area contributed by atoms with E-state index in [9.17, 15) is 0 Å². The van der Waals surface area contributed by atoms with Crippen molar-refractivity contribution in [2.75, 3.05) is 13.6 Å². The number of fused-ring (bicyclic) bond motifs is 1.